The van der Waals surface area contributed by atoms with Crippen molar-refractivity contribution in [3.05, 3.63) is 57.9 Å². The number of aromatic nitrogens is 1. The molecule has 0 bridgehead atoms. The SMILES string of the molecule is CN=C(NCCc1c[nH]c2c(C)cccc12)NCC1CCCN(C)C1c1cccs1. The Bertz CT molecular complexity index is 975. The number of aromatic amines is 1. The Morgan fingerprint density at radius 3 is 2.97 bits per heavy atom. The highest BCUT2D eigenvalue weighted by molar-refractivity contribution is 7.10. The molecule has 5 nitrogen and oxygen atoms in total. The van der Waals surface area contributed by atoms with Crippen LogP contribution in [0.15, 0.2) is 46.9 Å². The molecule has 1 aliphatic heterocycles. The number of rotatable bonds is 6. The van der Waals surface area contributed by atoms with Crippen LogP contribution >= 0.6 is 11.3 Å². The average molecular weight is 424 g/mol. The summed E-state index contributed by atoms with van der Waals surface area (Å²) in [6.07, 6.45) is 5.62. The number of fused-ring (bicyclic) bond motifs is 1. The summed E-state index contributed by atoms with van der Waals surface area (Å²) in [4.78, 5) is 11.9. The molecule has 3 aromatic rings. The minimum absolute atomic E-state index is 0.499. The van der Waals surface area contributed by atoms with Crippen LogP contribution < -0.4 is 10.6 Å². The van der Waals surface area contributed by atoms with Gasteiger partial charge in [-0.1, -0.05) is 24.3 Å². The molecule has 6 heteroatoms. The molecule has 0 aliphatic carbocycles. The van der Waals surface area contributed by atoms with Crippen molar-refractivity contribution in [3.8, 4) is 0 Å². The fraction of sp³-hybridized carbons (Fsp3) is 0.458. The van der Waals surface area contributed by atoms with Crippen molar-refractivity contribution in [2.24, 2.45) is 10.9 Å². The van der Waals surface area contributed by atoms with E-state index in [9.17, 15) is 0 Å². The molecule has 0 amide bonds. The number of para-hydroxylation sites is 1. The van der Waals surface area contributed by atoms with Crippen LogP contribution in [0.25, 0.3) is 10.9 Å². The minimum atomic E-state index is 0.499. The van der Waals surface area contributed by atoms with Crippen LogP contribution in [-0.2, 0) is 6.42 Å². The molecule has 1 aromatic carbocycles. The minimum Gasteiger partial charge on any atom is -0.361 e. The number of likely N-dealkylation sites (tertiary alicyclic amines) is 1. The predicted octanol–water partition coefficient (Wildman–Crippen LogP) is 4.33. The van der Waals surface area contributed by atoms with E-state index in [1.165, 1.54) is 46.3 Å². The Hall–Kier alpha value is -2.31. The van der Waals surface area contributed by atoms with Gasteiger partial charge in [-0.25, -0.2) is 0 Å². The Morgan fingerprint density at radius 2 is 2.17 bits per heavy atom. The lowest BCUT2D eigenvalue weighted by Crippen LogP contribution is -2.45. The largest absolute Gasteiger partial charge is 0.361 e. The summed E-state index contributed by atoms with van der Waals surface area (Å²) >= 11 is 1.87. The van der Waals surface area contributed by atoms with Crippen LogP contribution in [0.1, 0.15) is 34.9 Å². The number of nitrogens with zero attached hydrogens (tertiary/aromatic N) is 2. The zero-order valence-corrected chi connectivity index (χ0v) is 19.1. The quantitative estimate of drug-likeness (QED) is 0.409. The van der Waals surface area contributed by atoms with E-state index in [4.69, 9.17) is 0 Å². The zero-order valence-electron chi connectivity index (χ0n) is 18.2. The van der Waals surface area contributed by atoms with Crippen molar-refractivity contribution in [1.82, 2.24) is 20.5 Å². The first-order chi connectivity index (χ1) is 14.7. The van der Waals surface area contributed by atoms with Crippen LogP contribution in [0, 0.1) is 12.8 Å². The number of guanidine groups is 1. The lowest BCUT2D eigenvalue weighted by Gasteiger charge is -2.39. The normalized spacial score (nSPS) is 20.6. The Kier molecular flexibility index (Phi) is 6.75. The molecule has 0 saturated carbocycles. The van der Waals surface area contributed by atoms with Gasteiger partial charge in [0.2, 0.25) is 0 Å². The highest BCUT2D eigenvalue weighted by Crippen LogP contribution is 2.36. The Morgan fingerprint density at radius 1 is 1.27 bits per heavy atom. The molecule has 1 saturated heterocycles. The number of hydrogen-bond acceptors (Lipinski definition) is 3. The number of benzene rings is 1. The third kappa shape index (κ3) is 4.55. The van der Waals surface area contributed by atoms with E-state index in [1.54, 1.807) is 0 Å². The van der Waals surface area contributed by atoms with E-state index in [1.807, 2.05) is 18.4 Å². The Labute approximate surface area is 183 Å². The summed E-state index contributed by atoms with van der Waals surface area (Å²) in [5.41, 5.74) is 3.89. The highest BCUT2D eigenvalue weighted by Gasteiger charge is 2.31. The van der Waals surface area contributed by atoms with Crippen molar-refractivity contribution in [2.75, 3.05) is 33.7 Å². The van der Waals surface area contributed by atoms with E-state index in [0.717, 1.165) is 25.5 Å². The fourth-order valence-corrected chi connectivity index (χ4v) is 5.70. The lowest BCUT2D eigenvalue weighted by molar-refractivity contribution is 0.125. The van der Waals surface area contributed by atoms with Gasteiger partial charge in [-0.2, -0.15) is 0 Å². The molecule has 0 radical (unpaired) electrons. The Balaban J connectivity index is 1.32. The molecule has 2 atom stereocenters. The molecule has 4 rings (SSSR count). The third-order valence-electron chi connectivity index (χ3n) is 6.29. The van der Waals surface area contributed by atoms with Crippen molar-refractivity contribution in [2.45, 2.75) is 32.2 Å². The first-order valence-electron chi connectivity index (χ1n) is 10.9. The van der Waals surface area contributed by atoms with E-state index in [0.29, 0.717) is 12.0 Å². The number of thiophene rings is 1. The monoisotopic (exact) mass is 423 g/mol. The summed E-state index contributed by atoms with van der Waals surface area (Å²) in [5.74, 6) is 1.49. The van der Waals surface area contributed by atoms with E-state index in [2.05, 4.69) is 81.4 Å². The maximum atomic E-state index is 4.45. The second-order valence-corrected chi connectivity index (χ2v) is 9.26. The molecule has 0 spiro atoms. The standard InChI is InChI=1S/C24H33N5S/c1-17-7-4-9-20-18(15-27-22(17)20)11-12-26-24(25-2)28-16-19-8-5-13-29(3)23(19)21-10-6-14-30-21/h4,6-7,9-10,14-15,19,23,27H,5,8,11-13,16H2,1-3H3,(H2,25,26,28). The molecule has 3 heterocycles. The number of aliphatic imine (C=N–C) groups is 1. The molecular formula is C24H33N5S. The molecule has 2 unspecified atom stereocenters. The summed E-state index contributed by atoms with van der Waals surface area (Å²) in [6.45, 7) is 5.13. The third-order valence-corrected chi connectivity index (χ3v) is 7.24. The van der Waals surface area contributed by atoms with Gasteiger partial charge in [-0.3, -0.25) is 9.89 Å². The van der Waals surface area contributed by atoms with Crippen LogP contribution in [0.2, 0.25) is 0 Å². The summed E-state index contributed by atoms with van der Waals surface area (Å²) < 4.78 is 0. The van der Waals surface area contributed by atoms with Gasteiger partial charge < -0.3 is 15.6 Å². The number of H-pyrrole nitrogens is 1. The van der Waals surface area contributed by atoms with Crippen molar-refractivity contribution in [3.63, 3.8) is 0 Å². The van der Waals surface area contributed by atoms with E-state index < -0.39 is 0 Å². The molecule has 1 aliphatic rings. The summed E-state index contributed by atoms with van der Waals surface area (Å²) in [5, 5.41) is 10.6. The molecular weight excluding hydrogens is 390 g/mol. The first-order valence-corrected chi connectivity index (χ1v) is 11.8. The topological polar surface area (TPSA) is 55.5 Å². The van der Waals surface area contributed by atoms with Gasteiger partial charge >= 0.3 is 0 Å². The van der Waals surface area contributed by atoms with Gasteiger partial charge in [0.05, 0.1) is 0 Å². The summed E-state index contributed by atoms with van der Waals surface area (Å²) in [7, 11) is 4.11. The van der Waals surface area contributed by atoms with Gasteiger partial charge in [0.25, 0.3) is 0 Å². The summed E-state index contributed by atoms with van der Waals surface area (Å²) in [6, 6.07) is 11.4. The van der Waals surface area contributed by atoms with E-state index >= 15 is 0 Å². The predicted molar refractivity (Wildman–Crippen MR) is 129 cm³/mol. The lowest BCUT2D eigenvalue weighted by atomic mass is 9.88. The second kappa shape index (κ2) is 9.67. The van der Waals surface area contributed by atoms with Gasteiger partial charge in [0.15, 0.2) is 5.96 Å². The van der Waals surface area contributed by atoms with E-state index in [-0.39, 0.29) is 0 Å². The van der Waals surface area contributed by atoms with Gasteiger partial charge in [0.1, 0.15) is 0 Å². The molecule has 3 N–H and O–H groups in total. The smallest absolute Gasteiger partial charge is 0.190 e. The number of hydrogen-bond donors (Lipinski definition) is 3. The maximum Gasteiger partial charge on any atom is 0.190 e. The van der Waals surface area contributed by atoms with Crippen LogP contribution in [-0.4, -0.2) is 49.6 Å². The second-order valence-electron chi connectivity index (χ2n) is 8.28. The van der Waals surface area contributed by atoms with Gasteiger partial charge in [-0.15, -0.1) is 11.3 Å². The maximum absolute atomic E-state index is 4.45. The molecule has 1 fully saturated rings. The number of piperidine rings is 1. The molecule has 160 valence electrons. The zero-order chi connectivity index (χ0) is 20.9. The van der Waals surface area contributed by atoms with Crippen molar-refractivity contribution < 1.29 is 0 Å². The van der Waals surface area contributed by atoms with Gasteiger partial charge in [-0.05, 0) is 68.3 Å². The first kappa shape index (κ1) is 20.9. The average Bonchev–Trinajstić information content (AvgIpc) is 3.41. The van der Waals surface area contributed by atoms with Crippen LogP contribution in [0.4, 0.5) is 0 Å². The van der Waals surface area contributed by atoms with Crippen molar-refractivity contribution >= 4 is 28.2 Å². The van der Waals surface area contributed by atoms with Crippen LogP contribution in [0.3, 0.4) is 0 Å². The van der Waals surface area contributed by atoms with Crippen molar-refractivity contribution in [1.29, 1.82) is 0 Å². The molecule has 30 heavy (non-hydrogen) atoms. The van der Waals surface area contributed by atoms with Crippen LogP contribution in [0.5, 0.6) is 0 Å². The highest BCUT2D eigenvalue weighted by atomic mass is 32.1. The number of aryl methyl sites for hydroxylation is 1. The fourth-order valence-electron chi connectivity index (χ4n) is 4.72. The van der Waals surface area contributed by atoms with Gasteiger partial charge in [0, 0.05) is 48.2 Å². The number of nitrogens with one attached hydrogen (secondary N) is 3. The molecule has 2 aromatic heterocycles.